The molecule has 82 valence electrons. The molecular formula is C10H20N2O2. The van der Waals surface area contributed by atoms with Gasteiger partial charge in [0.1, 0.15) is 0 Å². The lowest BCUT2D eigenvalue weighted by molar-refractivity contribution is -0.133. The fraction of sp³-hybridized carbons (Fsp3) is 0.900. The highest BCUT2D eigenvalue weighted by Gasteiger charge is 2.20. The Morgan fingerprint density at radius 3 is 2.86 bits per heavy atom. The van der Waals surface area contributed by atoms with Gasteiger partial charge in [0, 0.05) is 20.2 Å². The molecule has 4 heteroatoms. The summed E-state index contributed by atoms with van der Waals surface area (Å²) in [5.74, 6) is -0.0147. The quantitative estimate of drug-likeness (QED) is 0.715. The minimum Gasteiger partial charge on any atom is -0.376 e. The first-order chi connectivity index (χ1) is 6.61. The van der Waals surface area contributed by atoms with E-state index in [1.54, 1.807) is 18.9 Å². The van der Waals surface area contributed by atoms with E-state index in [0.717, 1.165) is 19.4 Å². The number of hydrogen-bond acceptors (Lipinski definition) is 3. The lowest BCUT2D eigenvalue weighted by Crippen LogP contribution is -2.44. The van der Waals surface area contributed by atoms with Crippen LogP contribution in [0.25, 0.3) is 0 Å². The summed E-state index contributed by atoms with van der Waals surface area (Å²) in [5.41, 5.74) is 5.51. The summed E-state index contributed by atoms with van der Waals surface area (Å²) in [5, 5.41) is 0. The van der Waals surface area contributed by atoms with Gasteiger partial charge in [0.05, 0.1) is 12.1 Å². The molecule has 1 aliphatic rings. The van der Waals surface area contributed by atoms with E-state index in [2.05, 4.69) is 0 Å². The fourth-order valence-corrected chi connectivity index (χ4v) is 1.69. The van der Waals surface area contributed by atoms with Gasteiger partial charge >= 0.3 is 0 Å². The molecule has 1 rings (SSSR count). The van der Waals surface area contributed by atoms with Gasteiger partial charge in [0.2, 0.25) is 5.91 Å². The number of ether oxygens (including phenoxy) is 1. The third kappa shape index (κ3) is 3.27. The zero-order valence-corrected chi connectivity index (χ0v) is 9.03. The molecule has 2 atom stereocenters. The van der Waals surface area contributed by atoms with E-state index in [9.17, 15) is 4.79 Å². The van der Waals surface area contributed by atoms with Crippen molar-refractivity contribution in [2.75, 3.05) is 20.2 Å². The smallest absolute Gasteiger partial charge is 0.239 e. The zero-order chi connectivity index (χ0) is 10.6. The molecule has 0 spiro atoms. The summed E-state index contributed by atoms with van der Waals surface area (Å²) < 4.78 is 5.54. The second-order valence-electron chi connectivity index (χ2n) is 4.00. The average Bonchev–Trinajstić information content (AvgIpc) is 2.18. The Bertz CT molecular complexity index is 189. The van der Waals surface area contributed by atoms with Crippen molar-refractivity contribution in [2.45, 2.75) is 38.3 Å². The van der Waals surface area contributed by atoms with Gasteiger partial charge in [0.25, 0.3) is 0 Å². The second-order valence-corrected chi connectivity index (χ2v) is 4.00. The van der Waals surface area contributed by atoms with Crippen LogP contribution in [0, 0.1) is 0 Å². The lowest BCUT2D eigenvalue weighted by atomic mass is 10.1. The largest absolute Gasteiger partial charge is 0.376 e. The zero-order valence-electron chi connectivity index (χ0n) is 9.03. The molecule has 1 amide bonds. The molecule has 0 saturated carbocycles. The van der Waals surface area contributed by atoms with Gasteiger partial charge in [-0.15, -0.1) is 0 Å². The molecular weight excluding hydrogens is 180 g/mol. The number of nitrogens with zero attached hydrogens (tertiary/aromatic N) is 1. The van der Waals surface area contributed by atoms with E-state index in [-0.39, 0.29) is 12.0 Å². The number of amides is 1. The Morgan fingerprint density at radius 2 is 2.36 bits per heavy atom. The van der Waals surface area contributed by atoms with Crippen molar-refractivity contribution < 1.29 is 9.53 Å². The van der Waals surface area contributed by atoms with Gasteiger partial charge in [-0.2, -0.15) is 0 Å². The molecule has 1 saturated heterocycles. The van der Waals surface area contributed by atoms with Crippen molar-refractivity contribution in [3.05, 3.63) is 0 Å². The van der Waals surface area contributed by atoms with Crippen molar-refractivity contribution in [1.82, 2.24) is 4.90 Å². The van der Waals surface area contributed by atoms with Crippen LogP contribution < -0.4 is 5.73 Å². The summed E-state index contributed by atoms with van der Waals surface area (Å²) in [6.45, 7) is 3.20. The van der Waals surface area contributed by atoms with E-state index >= 15 is 0 Å². The highest BCUT2D eigenvalue weighted by atomic mass is 16.5. The third-order valence-corrected chi connectivity index (χ3v) is 2.52. The minimum atomic E-state index is -0.413. The molecule has 0 bridgehead atoms. The summed E-state index contributed by atoms with van der Waals surface area (Å²) in [7, 11) is 1.78. The van der Waals surface area contributed by atoms with Crippen molar-refractivity contribution in [3.63, 3.8) is 0 Å². The first-order valence-electron chi connectivity index (χ1n) is 5.23. The van der Waals surface area contributed by atoms with Crippen molar-refractivity contribution >= 4 is 5.91 Å². The lowest BCUT2D eigenvalue weighted by Gasteiger charge is -2.28. The Balaban J connectivity index is 2.31. The molecule has 4 nitrogen and oxygen atoms in total. The second kappa shape index (κ2) is 5.32. The predicted molar refractivity (Wildman–Crippen MR) is 54.9 cm³/mol. The Kier molecular flexibility index (Phi) is 4.35. The van der Waals surface area contributed by atoms with Gasteiger partial charge < -0.3 is 15.4 Å². The van der Waals surface area contributed by atoms with Gasteiger partial charge in [-0.05, 0) is 26.2 Å². The van der Waals surface area contributed by atoms with E-state index in [1.807, 2.05) is 0 Å². The van der Waals surface area contributed by atoms with E-state index < -0.39 is 6.04 Å². The summed E-state index contributed by atoms with van der Waals surface area (Å²) in [6, 6.07) is -0.413. The maximum absolute atomic E-state index is 11.5. The van der Waals surface area contributed by atoms with Crippen LogP contribution in [0.2, 0.25) is 0 Å². The predicted octanol–water partition coefficient (Wildman–Crippen LogP) is 0.361. The van der Waals surface area contributed by atoms with Gasteiger partial charge in [-0.1, -0.05) is 0 Å². The molecule has 0 aromatic carbocycles. The number of carbonyl (C=O) groups is 1. The SMILES string of the molecule is C[C@@H](N)C(=O)N(C)CC1CCCCO1. The highest BCUT2D eigenvalue weighted by molar-refractivity contribution is 5.80. The van der Waals surface area contributed by atoms with Gasteiger partial charge in [-0.3, -0.25) is 4.79 Å². The van der Waals surface area contributed by atoms with E-state index in [4.69, 9.17) is 10.5 Å². The minimum absolute atomic E-state index is 0.0147. The first kappa shape index (κ1) is 11.5. The molecule has 1 heterocycles. The summed E-state index contributed by atoms with van der Waals surface area (Å²) in [4.78, 5) is 13.1. The van der Waals surface area contributed by atoms with Crippen molar-refractivity contribution in [2.24, 2.45) is 5.73 Å². The van der Waals surface area contributed by atoms with Crippen molar-refractivity contribution in [1.29, 1.82) is 0 Å². The monoisotopic (exact) mass is 200 g/mol. The normalized spacial score (nSPS) is 24.4. The third-order valence-electron chi connectivity index (χ3n) is 2.52. The number of likely N-dealkylation sites (N-methyl/N-ethyl adjacent to an activating group) is 1. The maximum Gasteiger partial charge on any atom is 0.239 e. The van der Waals surface area contributed by atoms with Crippen LogP contribution in [0.15, 0.2) is 0 Å². The molecule has 1 fully saturated rings. The number of carbonyl (C=O) groups excluding carboxylic acids is 1. The molecule has 14 heavy (non-hydrogen) atoms. The van der Waals surface area contributed by atoms with Crippen LogP contribution in [-0.4, -0.2) is 43.2 Å². The molecule has 0 radical (unpaired) electrons. The molecule has 0 aliphatic carbocycles. The fourth-order valence-electron chi connectivity index (χ4n) is 1.69. The van der Waals surface area contributed by atoms with Crippen molar-refractivity contribution in [3.8, 4) is 0 Å². The van der Waals surface area contributed by atoms with E-state index in [1.165, 1.54) is 6.42 Å². The molecule has 1 unspecified atom stereocenters. The standard InChI is InChI=1S/C10H20N2O2/c1-8(11)10(13)12(2)7-9-5-3-4-6-14-9/h8-9H,3-7,11H2,1-2H3/t8-,9?/m1/s1. The molecule has 0 aromatic heterocycles. The molecule has 1 aliphatic heterocycles. The van der Waals surface area contributed by atoms with Crippen LogP contribution in [0.3, 0.4) is 0 Å². The Hall–Kier alpha value is -0.610. The maximum atomic E-state index is 11.5. The van der Waals surface area contributed by atoms with Crippen LogP contribution in [0.5, 0.6) is 0 Å². The molecule has 2 N–H and O–H groups in total. The number of nitrogens with two attached hydrogens (primary N) is 1. The first-order valence-corrected chi connectivity index (χ1v) is 5.23. The topological polar surface area (TPSA) is 55.6 Å². The molecule has 0 aromatic rings. The Labute approximate surface area is 85.4 Å². The van der Waals surface area contributed by atoms with Gasteiger partial charge in [0.15, 0.2) is 0 Å². The van der Waals surface area contributed by atoms with Crippen LogP contribution in [0.4, 0.5) is 0 Å². The van der Waals surface area contributed by atoms with Gasteiger partial charge in [-0.25, -0.2) is 0 Å². The van der Waals surface area contributed by atoms with Crippen LogP contribution >= 0.6 is 0 Å². The number of rotatable bonds is 3. The van der Waals surface area contributed by atoms with Crippen LogP contribution in [-0.2, 0) is 9.53 Å². The average molecular weight is 200 g/mol. The number of hydrogen-bond donors (Lipinski definition) is 1. The van der Waals surface area contributed by atoms with E-state index in [0.29, 0.717) is 6.54 Å². The summed E-state index contributed by atoms with van der Waals surface area (Å²) in [6.07, 6.45) is 3.60. The Morgan fingerprint density at radius 1 is 1.64 bits per heavy atom. The van der Waals surface area contributed by atoms with Crippen LogP contribution in [0.1, 0.15) is 26.2 Å². The summed E-state index contributed by atoms with van der Waals surface area (Å²) >= 11 is 0. The highest BCUT2D eigenvalue weighted by Crippen LogP contribution is 2.13.